The lowest BCUT2D eigenvalue weighted by atomic mass is 9.90. The first-order chi connectivity index (χ1) is 12.6. The Morgan fingerprint density at radius 2 is 2.11 bits per heavy atom. The third-order valence-corrected chi connectivity index (χ3v) is 4.21. The maximum atomic E-state index is 6.09. The predicted molar refractivity (Wildman–Crippen MR) is 118 cm³/mol. The molecule has 1 aliphatic heterocycles. The van der Waals surface area contributed by atoms with Gasteiger partial charge in [0.25, 0.3) is 0 Å². The number of halogens is 1. The average molecular weight is 482 g/mol. The van der Waals surface area contributed by atoms with Crippen molar-refractivity contribution in [2.45, 2.75) is 31.9 Å². The summed E-state index contributed by atoms with van der Waals surface area (Å²) in [6.45, 7) is 5.39. The molecule has 0 radical (unpaired) electrons. The van der Waals surface area contributed by atoms with Crippen LogP contribution in [0.2, 0.25) is 0 Å². The largest absolute Gasteiger partial charge is 0.490 e. The number of hydrogen-bond acceptors (Lipinski definition) is 4. The van der Waals surface area contributed by atoms with E-state index in [4.69, 9.17) is 9.47 Å². The van der Waals surface area contributed by atoms with E-state index in [9.17, 15) is 0 Å². The molecule has 146 valence electrons. The van der Waals surface area contributed by atoms with Gasteiger partial charge in [-0.2, -0.15) is 0 Å². The van der Waals surface area contributed by atoms with Crippen LogP contribution in [-0.4, -0.2) is 36.7 Å². The second-order valence-electron chi connectivity index (χ2n) is 6.84. The molecule has 0 bridgehead atoms. The molecule has 27 heavy (non-hydrogen) atoms. The number of aromatic nitrogens is 1. The Labute approximate surface area is 177 Å². The molecule has 1 aromatic heterocycles. The lowest BCUT2D eigenvalue weighted by molar-refractivity contribution is 0.0694. The van der Waals surface area contributed by atoms with Gasteiger partial charge in [-0.05, 0) is 32.0 Å². The van der Waals surface area contributed by atoms with Crippen molar-refractivity contribution in [3.05, 3.63) is 54.4 Å². The molecule has 0 fully saturated rings. The normalized spacial score (nSPS) is 17.7. The van der Waals surface area contributed by atoms with Gasteiger partial charge in [0.1, 0.15) is 23.7 Å². The fraction of sp³-hybridized carbons (Fsp3) is 0.400. The first-order valence-electron chi connectivity index (χ1n) is 8.85. The van der Waals surface area contributed by atoms with Gasteiger partial charge in [-0.3, -0.25) is 9.98 Å². The number of aliphatic imine (C=N–C) groups is 1. The summed E-state index contributed by atoms with van der Waals surface area (Å²) in [7, 11) is 1.77. The summed E-state index contributed by atoms with van der Waals surface area (Å²) in [6.07, 6.45) is 4.29. The van der Waals surface area contributed by atoms with Crippen molar-refractivity contribution in [1.82, 2.24) is 15.6 Å². The number of pyridine rings is 1. The molecular formula is C20H27IN4O2. The number of hydrogen-bond donors (Lipinski definition) is 2. The molecule has 0 saturated carbocycles. The van der Waals surface area contributed by atoms with Crippen LogP contribution in [0.5, 0.6) is 11.5 Å². The van der Waals surface area contributed by atoms with Gasteiger partial charge in [0.05, 0.1) is 18.8 Å². The quantitative estimate of drug-likeness (QED) is 0.296. The standard InChI is InChI=1S/C20H26N4O2.HI/c1-20(2)13-17(16-8-4-5-9-18(16)26-20)24-19(21-3)23-11-12-25-15-7-6-10-22-14-15;/h4-10,14,17H,11-13H2,1-3H3,(H2,21,23,24);1H. The topological polar surface area (TPSA) is 67.8 Å². The minimum absolute atomic E-state index is 0. The Balaban J connectivity index is 0.00000261. The third-order valence-electron chi connectivity index (χ3n) is 4.21. The van der Waals surface area contributed by atoms with E-state index in [1.54, 1.807) is 19.4 Å². The zero-order chi connectivity index (χ0) is 18.4. The van der Waals surface area contributed by atoms with E-state index in [-0.39, 0.29) is 35.6 Å². The van der Waals surface area contributed by atoms with Gasteiger partial charge >= 0.3 is 0 Å². The minimum atomic E-state index is -0.228. The van der Waals surface area contributed by atoms with Crippen molar-refractivity contribution in [2.75, 3.05) is 20.2 Å². The van der Waals surface area contributed by atoms with Crippen molar-refractivity contribution in [2.24, 2.45) is 4.99 Å². The summed E-state index contributed by atoms with van der Waals surface area (Å²) < 4.78 is 11.7. The van der Waals surface area contributed by atoms with E-state index in [0.717, 1.165) is 29.4 Å². The second-order valence-corrected chi connectivity index (χ2v) is 6.84. The van der Waals surface area contributed by atoms with Crippen molar-refractivity contribution in [1.29, 1.82) is 0 Å². The highest BCUT2D eigenvalue weighted by atomic mass is 127. The summed E-state index contributed by atoms with van der Waals surface area (Å²) in [5, 5.41) is 6.80. The molecule has 2 N–H and O–H groups in total. The van der Waals surface area contributed by atoms with Gasteiger partial charge in [-0.25, -0.2) is 0 Å². The van der Waals surface area contributed by atoms with Gasteiger partial charge in [-0.1, -0.05) is 18.2 Å². The first-order valence-corrected chi connectivity index (χ1v) is 8.85. The monoisotopic (exact) mass is 482 g/mol. The molecule has 2 heterocycles. The molecule has 7 heteroatoms. The summed E-state index contributed by atoms with van der Waals surface area (Å²) >= 11 is 0. The molecule has 1 unspecified atom stereocenters. The maximum Gasteiger partial charge on any atom is 0.191 e. The summed E-state index contributed by atoms with van der Waals surface area (Å²) in [5.74, 6) is 2.44. The second kappa shape index (κ2) is 9.77. The smallest absolute Gasteiger partial charge is 0.191 e. The Kier molecular flexibility index (Phi) is 7.70. The van der Waals surface area contributed by atoms with Crippen LogP contribution in [0.25, 0.3) is 0 Å². The molecule has 0 aliphatic carbocycles. The predicted octanol–water partition coefficient (Wildman–Crippen LogP) is 3.55. The lowest BCUT2D eigenvalue weighted by Gasteiger charge is -2.38. The number of fused-ring (bicyclic) bond motifs is 1. The Bertz CT molecular complexity index is 753. The fourth-order valence-corrected chi connectivity index (χ4v) is 3.06. The number of benzene rings is 1. The zero-order valence-electron chi connectivity index (χ0n) is 15.9. The SMILES string of the molecule is CN=C(NCCOc1cccnc1)NC1CC(C)(C)Oc2ccccc21.I. The van der Waals surface area contributed by atoms with Crippen molar-refractivity contribution in [3.8, 4) is 11.5 Å². The van der Waals surface area contributed by atoms with E-state index in [0.29, 0.717) is 13.2 Å². The van der Waals surface area contributed by atoms with Crippen LogP contribution >= 0.6 is 24.0 Å². The molecule has 3 rings (SSSR count). The number of guanidine groups is 1. The highest BCUT2D eigenvalue weighted by Gasteiger charge is 2.33. The Morgan fingerprint density at radius 3 is 2.85 bits per heavy atom. The van der Waals surface area contributed by atoms with Gasteiger partial charge in [0, 0.05) is 25.2 Å². The molecule has 1 atom stereocenters. The van der Waals surface area contributed by atoms with E-state index in [1.807, 2.05) is 30.3 Å². The maximum absolute atomic E-state index is 6.09. The van der Waals surface area contributed by atoms with E-state index in [1.165, 1.54) is 0 Å². The Hall–Kier alpha value is -2.03. The lowest BCUT2D eigenvalue weighted by Crippen LogP contribution is -2.46. The third kappa shape index (κ3) is 5.98. The van der Waals surface area contributed by atoms with Gasteiger partial charge in [0.15, 0.2) is 5.96 Å². The fourth-order valence-electron chi connectivity index (χ4n) is 3.06. The van der Waals surface area contributed by atoms with Crippen LogP contribution in [0.3, 0.4) is 0 Å². The number of nitrogens with one attached hydrogen (secondary N) is 2. The molecule has 0 amide bonds. The molecule has 2 aromatic rings. The number of ether oxygens (including phenoxy) is 2. The van der Waals surface area contributed by atoms with Crippen LogP contribution in [0.15, 0.2) is 53.8 Å². The molecule has 0 saturated heterocycles. The number of nitrogens with zero attached hydrogens (tertiary/aromatic N) is 2. The highest BCUT2D eigenvalue weighted by molar-refractivity contribution is 14.0. The van der Waals surface area contributed by atoms with Crippen LogP contribution < -0.4 is 20.1 Å². The van der Waals surface area contributed by atoms with Crippen molar-refractivity contribution >= 4 is 29.9 Å². The van der Waals surface area contributed by atoms with Gasteiger partial charge in [0.2, 0.25) is 0 Å². The molecule has 1 aromatic carbocycles. The summed E-state index contributed by atoms with van der Waals surface area (Å²) in [5.41, 5.74) is 0.926. The van der Waals surface area contributed by atoms with Gasteiger partial charge in [-0.15, -0.1) is 24.0 Å². The van der Waals surface area contributed by atoms with Crippen LogP contribution in [0, 0.1) is 0 Å². The van der Waals surface area contributed by atoms with Crippen LogP contribution in [0.1, 0.15) is 31.9 Å². The molecule has 0 spiro atoms. The van der Waals surface area contributed by atoms with Gasteiger partial charge < -0.3 is 20.1 Å². The van der Waals surface area contributed by atoms with E-state index >= 15 is 0 Å². The van der Waals surface area contributed by atoms with Crippen molar-refractivity contribution in [3.63, 3.8) is 0 Å². The average Bonchev–Trinajstić information content (AvgIpc) is 2.64. The van der Waals surface area contributed by atoms with Crippen LogP contribution in [-0.2, 0) is 0 Å². The summed E-state index contributed by atoms with van der Waals surface area (Å²) in [6, 6.07) is 12.0. The van der Waals surface area contributed by atoms with Crippen LogP contribution in [0.4, 0.5) is 0 Å². The molecule has 6 nitrogen and oxygen atoms in total. The molecular weight excluding hydrogens is 455 g/mol. The van der Waals surface area contributed by atoms with E-state index < -0.39 is 0 Å². The zero-order valence-corrected chi connectivity index (χ0v) is 18.3. The molecule has 1 aliphatic rings. The Morgan fingerprint density at radius 1 is 1.30 bits per heavy atom. The first kappa shape index (κ1) is 21.3. The summed E-state index contributed by atoms with van der Waals surface area (Å²) in [4.78, 5) is 8.37. The minimum Gasteiger partial charge on any atom is -0.490 e. The van der Waals surface area contributed by atoms with Crippen molar-refractivity contribution < 1.29 is 9.47 Å². The number of rotatable bonds is 5. The highest BCUT2D eigenvalue weighted by Crippen LogP contribution is 2.39. The van der Waals surface area contributed by atoms with E-state index in [2.05, 4.69) is 40.5 Å². The number of para-hydroxylation sites is 1.